The van der Waals surface area contributed by atoms with Crippen molar-refractivity contribution in [3.05, 3.63) is 35.9 Å². The van der Waals surface area contributed by atoms with Crippen LogP contribution in [0.4, 0.5) is 0 Å². The summed E-state index contributed by atoms with van der Waals surface area (Å²) < 4.78 is 29.2. The largest absolute Gasteiger partial charge is 0.267 e. The Hall–Kier alpha value is -0.870. The molecule has 0 unspecified atom stereocenters. The predicted octanol–water partition coefficient (Wildman–Crippen LogP) is 3.21. The zero-order valence-corrected chi connectivity index (χ0v) is 11.6. The molecule has 0 atom stereocenters. The molecule has 0 saturated heterocycles. The molecule has 18 heavy (non-hydrogen) atoms. The normalized spacial score (nSPS) is 19.6. The minimum absolute atomic E-state index is 0.0293. The molecule has 1 aliphatic carbocycles. The second kappa shape index (κ2) is 5.41. The Balaban J connectivity index is 2.35. The number of rotatable bonds is 4. The maximum absolute atomic E-state index is 11.8. The summed E-state index contributed by atoms with van der Waals surface area (Å²) in [6.07, 6.45) is 4.78. The van der Waals surface area contributed by atoms with E-state index in [4.69, 9.17) is 4.18 Å². The fraction of sp³-hybridized carbons (Fsp3) is 0.571. The van der Waals surface area contributed by atoms with Gasteiger partial charge in [0.05, 0.1) is 5.75 Å². The van der Waals surface area contributed by atoms with E-state index in [-0.39, 0.29) is 5.75 Å². The molecule has 0 aromatic heterocycles. The lowest BCUT2D eigenvalue weighted by Gasteiger charge is -2.36. The van der Waals surface area contributed by atoms with E-state index in [1.165, 1.54) is 0 Å². The van der Waals surface area contributed by atoms with Gasteiger partial charge in [-0.05, 0) is 25.3 Å². The van der Waals surface area contributed by atoms with Crippen LogP contribution in [0.25, 0.3) is 0 Å². The number of hydrogen-bond donors (Lipinski definition) is 0. The smallest absolute Gasteiger partial charge is 0.259 e. The van der Waals surface area contributed by atoms with Gasteiger partial charge in [0.25, 0.3) is 10.1 Å². The van der Waals surface area contributed by atoms with E-state index in [0.29, 0.717) is 0 Å². The lowest BCUT2D eigenvalue weighted by molar-refractivity contribution is 0.0336. The molecule has 0 heterocycles. The molecule has 0 aliphatic heterocycles. The maximum atomic E-state index is 11.8. The second-order valence-electron chi connectivity index (χ2n) is 4.85. The van der Waals surface area contributed by atoms with Gasteiger partial charge in [-0.1, -0.05) is 49.6 Å². The highest BCUT2D eigenvalue weighted by Gasteiger charge is 2.38. The highest BCUT2D eigenvalue weighted by atomic mass is 32.2. The van der Waals surface area contributed by atoms with Crippen molar-refractivity contribution < 1.29 is 12.6 Å². The number of hydrogen-bond acceptors (Lipinski definition) is 3. The topological polar surface area (TPSA) is 43.4 Å². The highest BCUT2D eigenvalue weighted by Crippen LogP contribution is 2.41. The Kier molecular flexibility index (Phi) is 4.07. The Morgan fingerprint density at radius 2 is 1.72 bits per heavy atom. The van der Waals surface area contributed by atoms with Gasteiger partial charge < -0.3 is 0 Å². The van der Waals surface area contributed by atoms with E-state index < -0.39 is 15.7 Å². The quantitative estimate of drug-likeness (QED) is 0.787. The molecule has 1 aromatic rings. The van der Waals surface area contributed by atoms with Gasteiger partial charge in [-0.15, -0.1) is 0 Å². The second-order valence-corrected chi connectivity index (χ2v) is 6.71. The van der Waals surface area contributed by atoms with Crippen molar-refractivity contribution in [2.45, 2.75) is 44.6 Å². The highest BCUT2D eigenvalue weighted by molar-refractivity contribution is 7.86. The molecule has 1 aromatic carbocycles. The van der Waals surface area contributed by atoms with Gasteiger partial charge >= 0.3 is 0 Å². The van der Waals surface area contributed by atoms with Crippen molar-refractivity contribution in [2.24, 2.45) is 0 Å². The van der Waals surface area contributed by atoms with Gasteiger partial charge in [0.1, 0.15) is 5.60 Å². The monoisotopic (exact) mass is 268 g/mol. The van der Waals surface area contributed by atoms with Crippen LogP contribution in [-0.2, 0) is 19.9 Å². The van der Waals surface area contributed by atoms with Crippen LogP contribution >= 0.6 is 0 Å². The first-order chi connectivity index (χ1) is 8.58. The predicted molar refractivity (Wildman–Crippen MR) is 71.8 cm³/mol. The van der Waals surface area contributed by atoms with Gasteiger partial charge in [-0.2, -0.15) is 8.42 Å². The van der Waals surface area contributed by atoms with Crippen molar-refractivity contribution in [2.75, 3.05) is 5.75 Å². The summed E-state index contributed by atoms with van der Waals surface area (Å²) >= 11 is 0. The third-order valence-electron chi connectivity index (χ3n) is 3.60. The number of benzene rings is 1. The van der Waals surface area contributed by atoms with Crippen molar-refractivity contribution in [3.8, 4) is 0 Å². The molecule has 0 bridgehead atoms. The van der Waals surface area contributed by atoms with Gasteiger partial charge in [-0.3, -0.25) is 4.18 Å². The average Bonchev–Trinajstić information content (AvgIpc) is 2.40. The molecule has 0 amide bonds. The molecule has 1 fully saturated rings. The van der Waals surface area contributed by atoms with Gasteiger partial charge in [0, 0.05) is 0 Å². The van der Waals surface area contributed by atoms with Crippen LogP contribution < -0.4 is 0 Å². The molecule has 1 aliphatic rings. The van der Waals surface area contributed by atoms with Crippen LogP contribution in [0.2, 0.25) is 0 Å². The first kappa shape index (κ1) is 13.6. The summed E-state index contributed by atoms with van der Waals surface area (Å²) in [6, 6.07) is 9.75. The van der Waals surface area contributed by atoms with Gasteiger partial charge in [-0.25, -0.2) is 0 Å². The van der Waals surface area contributed by atoms with E-state index in [1.807, 2.05) is 30.3 Å². The van der Waals surface area contributed by atoms with E-state index in [1.54, 1.807) is 6.92 Å². The third-order valence-corrected chi connectivity index (χ3v) is 4.88. The Bertz CT molecular complexity index is 473. The molecule has 0 radical (unpaired) electrons. The van der Waals surface area contributed by atoms with Gasteiger partial charge in [0.2, 0.25) is 0 Å². The zero-order valence-electron chi connectivity index (χ0n) is 10.8. The van der Waals surface area contributed by atoms with Crippen molar-refractivity contribution in [3.63, 3.8) is 0 Å². The minimum atomic E-state index is -3.43. The fourth-order valence-corrected chi connectivity index (χ4v) is 3.45. The van der Waals surface area contributed by atoms with E-state index in [2.05, 4.69) is 0 Å². The SMILES string of the molecule is CCS(=O)(=O)OC1(c2ccccc2)CCCCC1. The fourth-order valence-electron chi connectivity index (χ4n) is 2.59. The molecular formula is C14H20O3S. The molecule has 100 valence electrons. The van der Waals surface area contributed by atoms with Crippen LogP contribution in [0.1, 0.15) is 44.6 Å². The third kappa shape index (κ3) is 2.93. The van der Waals surface area contributed by atoms with Crippen LogP contribution in [-0.4, -0.2) is 14.2 Å². The van der Waals surface area contributed by atoms with Crippen molar-refractivity contribution >= 4 is 10.1 Å². The molecule has 3 nitrogen and oxygen atoms in total. The van der Waals surface area contributed by atoms with E-state index in [9.17, 15) is 8.42 Å². The Labute approximate surface area is 109 Å². The van der Waals surface area contributed by atoms with Gasteiger partial charge in [0.15, 0.2) is 0 Å². The summed E-state index contributed by atoms with van der Waals surface area (Å²) in [5.41, 5.74) is 0.357. The average molecular weight is 268 g/mol. The van der Waals surface area contributed by atoms with Crippen LogP contribution in [0.3, 0.4) is 0 Å². The molecule has 0 spiro atoms. The van der Waals surface area contributed by atoms with Crippen LogP contribution in [0, 0.1) is 0 Å². The summed E-state index contributed by atoms with van der Waals surface area (Å²) in [7, 11) is -3.43. The van der Waals surface area contributed by atoms with Crippen LogP contribution in [0.5, 0.6) is 0 Å². The maximum Gasteiger partial charge on any atom is 0.267 e. The summed E-state index contributed by atoms with van der Waals surface area (Å²) in [4.78, 5) is 0. The summed E-state index contributed by atoms with van der Waals surface area (Å²) in [6.45, 7) is 1.62. The molecule has 2 rings (SSSR count). The lowest BCUT2D eigenvalue weighted by Crippen LogP contribution is -2.35. The molecule has 0 N–H and O–H groups in total. The summed E-state index contributed by atoms with van der Waals surface area (Å²) in [5, 5.41) is 0. The Morgan fingerprint density at radius 1 is 1.11 bits per heavy atom. The molecule has 1 saturated carbocycles. The zero-order chi connectivity index (χ0) is 13.1. The summed E-state index contributed by atoms with van der Waals surface area (Å²) in [5.74, 6) is 0.0293. The Morgan fingerprint density at radius 3 is 2.28 bits per heavy atom. The first-order valence-electron chi connectivity index (χ1n) is 6.57. The molecular weight excluding hydrogens is 248 g/mol. The van der Waals surface area contributed by atoms with Crippen molar-refractivity contribution in [1.29, 1.82) is 0 Å². The first-order valence-corrected chi connectivity index (χ1v) is 8.15. The van der Waals surface area contributed by atoms with E-state index in [0.717, 1.165) is 37.7 Å². The lowest BCUT2D eigenvalue weighted by atomic mass is 9.80. The van der Waals surface area contributed by atoms with Crippen LogP contribution in [0.15, 0.2) is 30.3 Å². The van der Waals surface area contributed by atoms with Crippen molar-refractivity contribution in [1.82, 2.24) is 0 Å². The minimum Gasteiger partial charge on any atom is -0.259 e. The van der Waals surface area contributed by atoms with E-state index >= 15 is 0 Å². The molecule has 4 heteroatoms. The standard InChI is InChI=1S/C14H20O3S/c1-2-18(15,16)17-14(11-7-4-8-12-14)13-9-5-3-6-10-13/h3,5-6,9-10H,2,4,7-8,11-12H2,1H3.